The monoisotopic (exact) mass is 488 g/mol. The third-order valence-electron chi connectivity index (χ3n) is 5.72. The number of nitrogens with zero attached hydrogens (tertiary/aromatic N) is 2. The highest BCUT2D eigenvalue weighted by molar-refractivity contribution is 5.94. The van der Waals surface area contributed by atoms with Crippen molar-refractivity contribution in [3.05, 3.63) is 82.3 Å². The molecule has 0 bridgehead atoms. The number of rotatable bonds is 9. The minimum atomic E-state index is -0.528. The number of ether oxygens (including phenoxy) is 3. The van der Waals surface area contributed by atoms with Crippen molar-refractivity contribution in [2.45, 2.75) is 20.0 Å². The van der Waals surface area contributed by atoms with Crippen LogP contribution in [-0.2, 0) is 17.9 Å². The van der Waals surface area contributed by atoms with Crippen LogP contribution in [0.1, 0.15) is 11.1 Å². The highest BCUT2D eigenvalue weighted by Gasteiger charge is 2.17. The number of anilines is 2. The van der Waals surface area contributed by atoms with Gasteiger partial charge in [0.25, 0.3) is 0 Å². The number of nitrogens with one attached hydrogen (secondary N) is 2. The van der Waals surface area contributed by atoms with Gasteiger partial charge in [0.05, 0.1) is 26.8 Å². The van der Waals surface area contributed by atoms with E-state index in [0.29, 0.717) is 40.8 Å². The summed E-state index contributed by atoms with van der Waals surface area (Å²) >= 11 is 0. The standard InChI is InChI=1S/C27H28N4O5/c1-17-9-11-18(12-10-17)15-28-26-20-7-5-6-8-21(20)31(27(33)30-26)16-24(32)29-19-13-22(34-2)25(36-4)23(14-19)35-3/h5-14H,15-16H2,1-4H3,(H,29,32)(H,28,30,33). The summed E-state index contributed by atoms with van der Waals surface area (Å²) < 4.78 is 17.3. The number of carbonyl (C=O) groups is 1. The molecule has 1 aromatic heterocycles. The minimum absolute atomic E-state index is 0.221. The molecule has 0 radical (unpaired) electrons. The van der Waals surface area contributed by atoms with Crippen molar-refractivity contribution in [1.29, 1.82) is 0 Å². The van der Waals surface area contributed by atoms with Crippen LogP contribution < -0.4 is 30.5 Å². The quantitative estimate of drug-likeness (QED) is 0.367. The minimum Gasteiger partial charge on any atom is -0.493 e. The lowest BCUT2D eigenvalue weighted by molar-refractivity contribution is -0.116. The van der Waals surface area contributed by atoms with E-state index >= 15 is 0 Å². The second-order valence-corrected chi connectivity index (χ2v) is 8.15. The zero-order valence-electron chi connectivity index (χ0n) is 20.6. The van der Waals surface area contributed by atoms with Crippen molar-refractivity contribution in [3.63, 3.8) is 0 Å². The highest BCUT2D eigenvalue weighted by Crippen LogP contribution is 2.39. The van der Waals surface area contributed by atoms with Gasteiger partial charge in [-0.25, -0.2) is 4.79 Å². The molecule has 2 N–H and O–H groups in total. The van der Waals surface area contributed by atoms with Gasteiger partial charge in [-0.15, -0.1) is 0 Å². The number of benzene rings is 3. The summed E-state index contributed by atoms with van der Waals surface area (Å²) in [5.41, 5.74) is 2.76. The highest BCUT2D eigenvalue weighted by atomic mass is 16.5. The topological polar surface area (TPSA) is 104 Å². The molecule has 0 fully saturated rings. The van der Waals surface area contributed by atoms with Crippen molar-refractivity contribution in [1.82, 2.24) is 9.55 Å². The normalized spacial score (nSPS) is 10.7. The molecule has 4 rings (SSSR count). The summed E-state index contributed by atoms with van der Waals surface area (Å²) in [4.78, 5) is 30.1. The first-order valence-corrected chi connectivity index (χ1v) is 11.3. The van der Waals surface area contributed by atoms with Crippen LogP contribution in [0.5, 0.6) is 17.2 Å². The molecule has 0 spiro atoms. The molecule has 9 heteroatoms. The number of para-hydroxylation sites is 1. The predicted octanol–water partition coefficient (Wildman–Crippen LogP) is 3.98. The van der Waals surface area contributed by atoms with E-state index in [-0.39, 0.29) is 6.54 Å². The Hall–Kier alpha value is -4.53. The fourth-order valence-electron chi connectivity index (χ4n) is 3.91. The molecule has 0 atom stereocenters. The van der Waals surface area contributed by atoms with Gasteiger partial charge in [0.15, 0.2) is 11.5 Å². The van der Waals surface area contributed by atoms with Gasteiger partial charge in [0, 0.05) is 29.8 Å². The Balaban J connectivity index is 1.59. The maximum Gasteiger partial charge on any atom is 0.350 e. The van der Waals surface area contributed by atoms with Crippen molar-refractivity contribution in [3.8, 4) is 17.2 Å². The smallest absolute Gasteiger partial charge is 0.350 e. The lowest BCUT2D eigenvalue weighted by Gasteiger charge is -2.16. The van der Waals surface area contributed by atoms with E-state index in [4.69, 9.17) is 14.2 Å². The van der Waals surface area contributed by atoms with E-state index in [1.807, 2.05) is 49.4 Å². The maximum absolute atomic E-state index is 13.0. The first-order valence-electron chi connectivity index (χ1n) is 11.3. The predicted molar refractivity (Wildman–Crippen MR) is 139 cm³/mol. The van der Waals surface area contributed by atoms with Gasteiger partial charge in [0.1, 0.15) is 12.4 Å². The molecule has 0 aliphatic heterocycles. The van der Waals surface area contributed by atoms with E-state index in [1.54, 1.807) is 18.2 Å². The van der Waals surface area contributed by atoms with Crippen LogP contribution in [0.15, 0.2) is 65.5 Å². The second-order valence-electron chi connectivity index (χ2n) is 8.15. The van der Waals surface area contributed by atoms with E-state index in [1.165, 1.54) is 31.5 Å². The fourth-order valence-corrected chi connectivity index (χ4v) is 3.91. The van der Waals surface area contributed by atoms with Crippen molar-refractivity contribution < 1.29 is 19.0 Å². The van der Waals surface area contributed by atoms with Gasteiger partial charge in [-0.05, 0) is 24.6 Å². The average molecular weight is 489 g/mol. The van der Waals surface area contributed by atoms with Gasteiger partial charge in [-0.2, -0.15) is 4.98 Å². The lowest BCUT2D eigenvalue weighted by Crippen LogP contribution is -2.30. The van der Waals surface area contributed by atoms with Gasteiger partial charge in [0.2, 0.25) is 11.7 Å². The summed E-state index contributed by atoms with van der Waals surface area (Å²) in [6.07, 6.45) is 0. The third kappa shape index (κ3) is 5.25. The Morgan fingerprint density at radius 2 is 1.61 bits per heavy atom. The zero-order chi connectivity index (χ0) is 25.7. The molecule has 0 unspecified atom stereocenters. The second kappa shape index (κ2) is 10.8. The van der Waals surface area contributed by atoms with Crippen molar-refractivity contribution >= 4 is 28.3 Å². The van der Waals surface area contributed by atoms with E-state index in [9.17, 15) is 9.59 Å². The summed E-state index contributed by atoms with van der Waals surface area (Å²) in [5, 5.41) is 6.79. The number of fused-ring (bicyclic) bond motifs is 1. The largest absolute Gasteiger partial charge is 0.493 e. The molecule has 4 aromatic rings. The lowest BCUT2D eigenvalue weighted by atomic mass is 10.1. The van der Waals surface area contributed by atoms with E-state index in [0.717, 1.165) is 10.9 Å². The van der Waals surface area contributed by atoms with Crippen LogP contribution in [0, 0.1) is 6.92 Å². The summed E-state index contributed by atoms with van der Waals surface area (Å²) in [6, 6.07) is 18.7. The molecule has 36 heavy (non-hydrogen) atoms. The van der Waals surface area contributed by atoms with Crippen LogP contribution in [-0.4, -0.2) is 36.8 Å². The molecule has 0 saturated carbocycles. The number of carbonyl (C=O) groups excluding carboxylic acids is 1. The van der Waals surface area contributed by atoms with E-state index in [2.05, 4.69) is 15.6 Å². The average Bonchev–Trinajstić information content (AvgIpc) is 2.89. The Bertz CT molecular complexity index is 1420. The molecular formula is C27H28N4O5. The molecule has 186 valence electrons. The summed E-state index contributed by atoms with van der Waals surface area (Å²) in [6.45, 7) is 2.33. The number of aromatic nitrogens is 2. The molecule has 1 amide bonds. The molecule has 9 nitrogen and oxygen atoms in total. The fraction of sp³-hybridized carbons (Fsp3) is 0.222. The molecule has 0 saturated heterocycles. The number of hydrogen-bond donors (Lipinski definition) is 2. The number of amides is 1. The van der Waals surface area contributed by atoms with Gasteiger partial charge in [-0.1, -0.05) is 42.0 Å². The Kier molecular flexibility index (Phi) is 7.39. The molecule has 0 aliphatic rings. The number of aryl methyl sites for hydroxylation is 1. The molecule has 1 heterocycles. The number of methoxy groups -OCH3 is 3. The van der Waals surface area contributed by atoms with Crippen molar-refractivity contribution in [2.24, 2.45) is 0 Å². The zero-order valence-corrected chi connectivity index (χ0v) is 20.6. The van der Waals surface area contributed by atoms with E-state index < -0.39 is 11.6 Å². The summed E-state index contributed by atoms with van der Waals surface area (Å²) in [7, 11) is 4.49. The molecular weight excluding hydrogens is 460 g/mol. The van der Waals surface area contributed by atoms with Gasteiger partial charge in [-0.3, -0.25) is 9.36 Å². The maximum atomic E-state index is 13.0. The van der Waals surface area contributed by atoms with Gasteiger partial charge < -0.3 is 24.8 Å². The first kappa shape index (κ1) is 24.6. The SMILES string of the molecule is COc1cc(NC(=O)Cn2c(=O)nc(NCc3ccc(C)cc3)c3ccccc32)cc(OC)c1OC. The number of hydrogen-bond acceptors (Lipinski definition) is 7. The van der Waals surface area contributed by atoms with Crippen LogP contribution in [0.25, 0.3) is 10.9 Å². The third-order valence-corrected chi connectivity index (χ3v) is 5.72. The van der Waals surface area contributed by atoms with Gasteiger partial charge >= 0.3 is 5.69 Å². The Labute approximate surface area is 208 Å². The van der Waals surface area contributed by atoms with Crippen LogP contribution in [0.3, 0.4) is 0 Å². The summed E-state index contributed by atoms with van der Waals surface area (Å²) in [5.74, 6) is 1.29. The van der Waals surface area contributed by atoms with Crippen LogP contribution in [0.4, 0.5) is 11.5 Å². The molecule has 3 aromatic carbocycles. The van der Waals surface area contributed by atoms with Crippen molar-refractivity contribution in [2.75, 3.05) is 32.0 Å². The van der Waals surface area contributed by atoms with Crippen LogP contribution in [0.2, 0.25) is 0 Å². The van der Waals surface area contributed by atoms with Crippen LogP contribution >= 0.6 is 0 Å². The Morgan fingerprint density at radius 3 is 2.25 bits per heavy atom. The Morgan fingerprint density at radius 1 is 0.944 bits per heavy atom. The first-order chi connectivity index (χ1) is 17.4. The molecule has 0 aliphatic carbocycles.